The summed E-state index contributed by atoms with van der Waals surface area (Å²) in [5, 5.41) is 14.5. The molecule has 0 unspecified atom stereocenters. The number of benzene rings is 3. The topological polar surface area (TPSA) is 62.0 Å². The van der Waals surface area contributed by atoms with E-state index in [1.54, 1.807) is 13.2 Å². The van der Waals surface area contributed by atoms with Crippen LogP contribution >= 0.6 is 0 Å². The Kier molecular flexibility index (Phi) is 4.14. The van der Waals surface area contributed by atoms with Gasteiger partial charge in [0, 0.05) is 19.2 Å². The van der Waals surface area contributed by atoms with Crippen LogP contribution in [0.25, 0.3) is 0 Å². The van der Waals surface area contributed by atoms with Gasteiger partial charge in [0.2, 0.25) is 0 Å². The lowest BCUT2D eigenvalue weighted by molar-refractivity contribution is 0.284. The summed E-state index contributed by atoms with van der Waals surface area (Å²) in [7, 11) is 1.55. The number of nitrogen functional groups attached to an aromatic ring is 1. The zero-order valence-corrected chi connectivity index (χ0v) is 14.6. The lowest BCUT2D eigenvalue weighted by Crippen LogP contribution is -2.33. The van der Waals surface area contributed by atoms with Gasteiger partial charge in [-0.1, -0.05) is 42.5 Å². The third kappa shape index (κ3) is 2.82. The van der Waals surface area contributed by atoms with E-state index < -0.39 is 0 Å². The molecule has 0 aromatic heterocycles. The van der Waals surface area contributed by atoms with Crippen LogP contribution in [0.2, 0.25) is 0 Å². The molecule has 3 N–H and O–H groups in total. The molecule has 26 heavy (non-hydrogen) atoms. The quantitative estimate of drug-likeness (QED) is 0.697. The SMILES string of the molecule is COc1cc2c(cc1O)CN(Cc1ccccc1)N2c1ccccc1N. The molecule has 1 aliphatic heterocycles. The van der Waals surface area contributed by atoms with Gasteiger partial charge in [-0.3, -0.25) is 5.01 Å². The Balaban J connectivity index is 1.80. The summed E-state index contributed by atoms with van der Waals surface area (Å²) in [4.78, 5) is 0. The minimum absolute atomic E-state index is 0.147. The van der Waals surface area contributed by atoms with Crippen molar-refractivity contribution in [1.29, 1.82) is 0 Å². The fourth-order valence-electron chi connectivity index (χ4n) is 3.39. The van der Waals surface area contributed by atoms with E-state index in [9.17, 15) is 5.11 Å². The summed E-state index contributed by atoms with van der Waals surface area (Å²) in [6.45, 7) is 1.41. The van der Waals surface area contributed by atoms with Crippen molar-refractivity contribution in [3.8, 4) is 11.5 Å². The van der Waals surface area contributed by atoms with Crippen molar-refractivity contribution < 1.29 is 9.84 Å². The van der Waals surface area contributed by atoms with Crippen molar-refractivity contribution in [2.24, 2.45) is 0 Å². The fourth-order valence-corrected chi connectivity index (χ4v) is 3.39. The van der Waals surface area contributed by atoms with E-state index in [4.69, 9.17) is 10.5 Å². The van der Waals surface area contributed by atoms with Gasteiger partial charge >= 0.3 is 0 Å². The molecular formula is C21H21N3O2. The van der Waals surface area contributed by atoms with Crippen LogP contribution in [-0.4, -0.2) is 17.2 Å². The molecule has 1 heterocycles. The number of phenolic OH excluding ortho intramolecular Hbond substituents is 1. The molecule has 1 aliphatic rings. The van der Waals surface area contributed by atoms with Gasteiger partial charge in [0.25, 0.3) is 0 Å². The Morgan fingerprint density at radius 2 is 1.73 bits per heavy atom. The standard InChI is InChI=1S/C21H21N3O2/c1-26-21-12-19-16(11-20(21)25)14-23(13-15-7-3-2-4-8-15)24(19)18-10-6-5-9-17(18)22/h2-12,25H,13-14,22H2,1H3. The average Bonchev–Trinajstić information content (AvgIpc) is 2.98. The van der Waals surface area contributed by atoms with Crippen molar-refractivity contribution in [1.82, 2.24) is 5.01 Å². The molecule has 0 aliphatic carbocycles. The van der Waals surface area contributed by atoms with Crippen LogP contribution in [0.1, 0.15) is 11.1 Å². The first-order chi connectivity index (χ1) is 12.7. The molecule has 3 aromatic carbocycles. The van der Waals surface area contributed by atoms with Gasteiger partial charge < -0.3 is 15.6 Å². The number of methoxy groups -OCH3 is 1. The van der Waals surface area contributed by atoms with E-state index in [-0.39, 0.29) is 5.75 Å². The first-order valence-corrected chi connectivity index (χ1v) is 8.50. The molecule has 5 heteroatoms. The monoisotopic (exact) mass is 347 g/mol. The van der Waals surface area contributed by atoms with Gasteiger partial charge in [-0.05, 0) is 29.3 Å². The number of nitrogens with zero attached hydrogens (tertiary/aromatic N) is 2. The summed E-state index contributed by atoms with van der Waals surface area (Å²) < 4.78 is 5.31. The van der Waals surface area contributed by atoms with Gasteiger partial charge in [0.05, 0.1) is 24.2 Å². The number of rotatable bonds is 4. The summed E-state index contributed by atoms with van der Waals surface area (Å²) in [5.41, 5.74) is 11.1. The van der Waals surface area contributed by atoms with E-state index in [2.05, 4.69) is 22.2 Å². The lowest BCUT2D eigenvalue weighted by Gasteiger charge is -2.31. The molecular weight excluding hydrogens is 326 g/mol. The van der Waals surface area contributed by atoms with Crippen LogP contribution in [0.15, 0.2) is 66.7 Å². The maximum Gasteiger partial charge on any atom is 0.162 e. The van der Waals surface area contributed by atoms with Crippen LogP contribution in [-0.2, 0) is 13.1 Å². The minimum Gasteiger partial charge on any atom is -0.504 e. The molecule has 0 saturated carbocycles. The number of para-hydroxylation sites is 2. The highest BCUT2D eigenvalue weighted by molar-refractivity contribution is 5.78. The molecule has 0 radical (unpaired) electrons. The van der Waals surface area contributed by atoms with Crippen molar-refractivity contribution in [3.05, 3.63) is 77.9 Å². The molecule has 5 nitrogen and oxygen atoms in total. The zero-order chi connectivity index (χ0) is 18.1. The Labute approximate surface area is 152 Å². The number of hydrogen-bond acceptors (Lipinski definition) is 5. The number of ether oxygens (including phenoxy) is 1. The second-order valence-corrected chi connectivity index (χ2v) is 6.33. The van der Waals surface area contributed by atoms with Gasteiger partial charge in [0.1, 0.15) is 0 Å². The third-order valence-corrected chi connectivity index (χ3v) is 4.62. The number of phenols is 1. The number of anilines is 3. The number of hydrogen-bond donors (Lipinski definition) is 2. The molecule has 0 atom stereocenters. The van der Waals surface area contributed by atoms with Crippen LogP contribution in [0, 0.1) is 0 Å². The molecule has 0 spiro atoms. The first kappa shape index (κ1) is 16.3. The van der Waals surface area contributed by atoms with E-state index in [0.29, 0.717) is 18.0 Å². The third-order valence-electron chi connectivity index (χ3n) is 4.62. The summed E-state index contributed by atoms with van der Waals surface area (Å²) >= 11 is 0. The predicted molar refractivity (Wildman–Crippen MR) is 103 cm³/mol. The molecule has 132 valence electrons. The van der Waals surface area contributed by atoms with Crippen LogP contribution in [0.3, 0.4) is 0 Å². The Hall–Kier alpha value is -3.18. The van der Waals surface area contributed by atoms with Gasteiger partial charge in [-0.15, -0.1) is 0 Å². The van der Waals surface area contributed by atoms with Crippen LogP contribution in [0.4, 0.5) is 17.1 Å². The summed E-state index contributed by atoms with van der Waals surface area (Å²) in [5.74, 6) is 0.596. The highest BCUT2D eigenvalue weighted by Crippen LogP contribution is 2.45. The Morgan fingerprint density at radius 1 is 1.00 bits per heavy atom. The van der Waals surface area contributed by atoms with E-state index in [1.165, 1.54) is 5.56 Å². The molecule has 3 aromatic rings. The fraction of sp³-hybridized carbons (Fsp3) is 0.143. The van der Waals surface area contributed by atoms with Crippen LogP contribution in [0.5, 0.6) is 11.5 Å². The van der Waals surface area contributed by atoms with Crippen molar-refractivity contribution in [2.45, 2.75) is 13.1 Å². The number of hydrazine groups is 1. The van der Waals surface area contributed by atoms with Gasteiger partial charge in [0.15, 0.2) is 11.5 Å². The lowest BCUT2D eigenvalue weighted by atomic mass is 10.1. The Bertz CT molecular complexity index is 928. The number of nitrogens with two attached hydrogens (primary N) is 1. The zero-order valence-electron chi connectivity index (χ0n) is 14.6. The number of fused-ring (bicyclic) bond motifs is 1. The maximum atomic E-state index is 10.2. The molecule has 4 rings (SSSR count). The highest BCUT2D eigenvalue weighted by Gasteiger charge is 2.31. The van der Waals surface area contributed by atoms with E-state index in [1.807, 2.05) is 48.5 Å². The molecule has 0 saturated heterocycles. The van der Waals surface area contributed by atoms with Crippen molar-refractivity contribution in [2.75, 3.05) is 17.9 Å². The van der Waals surface area contributed by atoms with E-state index >= 15 is 0 Å². The van der Waals surface area contributed by atoms with Gasteiger partial charge in [-0.2, -0.15) is 0 Å². The van der Waals surface area contributed by atoms with Crippen molar-refractivity contribution >= 4 is 17.1 Å². The summed E-state index contributed by atoms with van der Waals surface area (Å²) in [6.07, 6.45) is 0. The molecule has 0 fully saturated rings. The molecule has 0 bridgehead atoms. The molecule has 0 amide bonds. The van der Waals surface area contributed by atoms with Gasteiger partial charge in [-0.25, -0.2) is 5.01 Å². The van der Waals surface area contributed by atoms with Crippen LogP contribution < -0.4 is 15.5 Å². The first-order valence-electron chi connectivity index (χ1n) is 8.50. The minimum atomic E-state index is 0.147. The van der Waals surface area contributed by atoms with E-state index in [0.717, 1.165) is 23.5 Å². The second kappa shape index (κ2) is 6.61. The maximum absolute atomic E-state index is 10.2. The smallest absolute Gasteiger partial charge is 0.162 e. The predicted octanol–water partition coefficient (Wildman–Crippen LogP) is 4.05. The summed E-state index contributed by atoms with van der Waals surface area (Å²) in [6, 6.07) is 21.7. The van der Waals surface area contributed by atoms with Crippen molar-refractivity contribution in [3.63, 3.8) is 0 Å². The normalized spacial score (nSPS) is 13.7. The highest BCUT2D eigenvalue weighted by atomic mass is 16.5. The Morgan fingerprint density at radius 3 is 2.46 bits per heavy atom. The largest absolute Gasteiger partial charge is 0.504 e. The average molecular weight is 347 g/mol. The second-order valence-electron chi connectivity index (χ2n) is 6.33. The number of aromatic hydroxyl groups is 1.